The van der Waals surface area contributed by atoms with Crippen LogP contribution in [0.4, 0.5) is 0 Å². The number of hydrogen-bond donors (Lipinski definition) is 9. The second-order valence-corrected chi connectivity index (χ2v) is 25.3. The summed E-state index contributed by atoms with van der Waals surface area (Å²) in [5.41, 5.74) is 0. The molecule has 0 aromatic heterocycles. The van der Waals surface area contributed by atoms with Crippen LogP contribution < -0.4 is 5.32 Å². The summed E-state index contributed by atoms with van der Waals surface area (Å²) in [5.74, 6) is -0.236. The number of aliphatic hydroxyl groups is 8. The molecule has 2 aliphatic heterocycles. The van der Waals surface area contributed by atoms with Crippen LogP contribution in [0.5, 0.6) is 0 Å². The molecule has 12 atom stereocenters. The largest absolute Gasteiger partial charge is 0.394 e. The number of nitrogens with one attached hydrogen (secondary N) is 1. The first-order valence-corrected chi connectivity index (χ1v) is 36.0. The summed E-state index contributed by atoms with van der Waals surface area (Å²) in [6.07, 6.45) is 60.4. The molecule has 2 fully saturated rings. The Labute approximate surface area is 530 Å². The predicted molar refractivity (Wildman–Crippen MR) is 355 cm³/mol. The Morgan fingerprint density at radius 1 is 0.425 bits per heavy atom. The van der Waals surface area contributed by atoms with Crippen molar-refractivity contribution in [2.75, 3.05) is 19.8 Å². The van der Waals surface area contributed by atoms with Gasteiger partial charge in [0.2, 0.25) is 5.91 Å². The minimum absolute atomic E-state index is 0.236. The average molecular weight is 1230 g/mol. The highest BCUT2D eigenvalue weighted by atomic mass is 16.7. The number of amides is 1. The summed E-state index contributed by atoms with van der Waals surface area (Å²) in [6, 6.07) is -0.912. The zero-order valence-corrected chi connectivity index (χ0v) is 55.3. The molecule has 0 radical (unpaired) electrons. The van der Waals surface area contributed by atoms with Gasteiger partial charge in [0.15, 0.2) is 12.6 Å². The van der Waals surface area contributed by atoms with Crippen molar-refractivity contribution in [3.05, 3.63) is 60.8 Å². The second kappa shape index (κ2) is 57.6. The summed E-state index contributed by atoms with van der Waals surface area (Å²) in [4.78, 5) is 13.3. The molecule has 508 valence electrons. The third-order valence-corrected chi connectivity index (χ3v) is 17.5. The van der Waals surface area contributed by atoms with E-state index in [0.717, 1.165) is 64.2 Å². The number of allylic oxidation sites excluding steroid dienone is 9. The molecule has 0 bridgehead atoms. The van der Waals surface area contributed by atoms with Gasteiger partial charge in [0, 0.05) is 6.42 Å². The maximum atomic E-state index is 13.3. The van der Waals surface area contributed by atoms with Gasteiger partial charge in [-0.2, -0.15) is 0 Å². The van der Waals surface area contributed by atoms with E-state index < -0.39 is 86.8 Å². The maximum absolute atomic E-state index is 13.3. The van der Waals surface area contributed by atoms with Crippen molar-refractivity contribution >= 4 is 5.91 Å². The fourth-order valence-corrected chi connectivity index (χ4v) is 11.8. The first kappa shape index (κ1) is 80.8. The summed E-state index contributed by atoms with van der Waals surface area (Å²) in [6.45, 7) is 2.69. The highest BCUT2D eigenvalue weighted by molar-refractivity contribution is 5.76. The van der Waals surface area contributed by atoms with E-state index in [9.17, 15) is 45.6 Å². The number of aliphatic hydroxyl groups excluding tert-OH is 8. The Balaban J connectivity index is 1.52. The van der Waals surface area contributed by atoms with Crippen molar-refractivity contribution in [1.29, 1.82) is 0 Å². The van der Waals surface area contributed by atoms with Gasteiger partial charge in [-0.15, -0.1) is 0 Å². The van der Waals surface area contributed by atoms with Gasteiger partial charge in [0.25, 0.3) is 0 Å². The van der Waals surface area contributed by atoms with Crippen LogP contribution in [0.25, 0.3) is 0 Å². The smallest absolute Gasteiger partial charge is 0.220 e. The molecule has 14 nitrogen and oxygen atoms in total. The summed E-state index contributed by atoms with van der Waals surface area (Å²) < 4.78 is 22.8. The molecular formula is C73H133NO13. The normalized spacial score (nSPS) is 23.6. The van der Waals surface area contributed by atoms with E-state index in [2.05, 4.69) is 67.8 Å². The molecule has 2 saturated heterocycles. The molecule has 87 heavy (non-hydrogen) atoms. The summed E-state index contributed by atoms with van der Waals surface area (Å²) in [7, 11) is 0. The van der Waals surface area contributed by atoms with Crippen LogP contribution >= 0.6 is 0 Å². The van der Waals surface area contributed by atoms with Gasteiger partial charge in [-0.05, 0) is 57.8 Å². The van der Waals surface area contributed by atoms with Crippen LogP contribution in [0.2, 0.25) is 0 Å². The predicted octanol–water partition coefficient (Wildman–Crippen LogP) is 14.8. The van der Waals surface area contributed by atoms with Gasteiger partial charge in [-0.3, -0.25) is 4.79 Å². The Morgan fingerprint density at radius 2 is 0.793 bits per heavy atom. The van der Waals surface area contributed by atoms with Crippen molar-refractivity contribution in [2.24, 2.45) is 0 Å². The van der Waals surface area contributed by atoms with E-state index in [0.29, 0.717) is 6.42 Å². The van der Waals surface area contributed by atoms with E-state index in [1.54, 1.807) is 6.08 Å². The Morgan fingerprint density at radius 3 is 1.22 bits per heavy atom. The molecule has 2 aliphatic rings. The molecule has 2 heterocycles. The van der Waals surface area contributed by atoms with E-state index in [1.165, 1.54) is 212 Å². The van der Waals surface area contributed by atoms with Crippen LogP contribution in [-0.2, 0) is 23.7 Å². The quantitative estimate of drug-likeness (QED) is 0.0204. The van der Waals surface area contributed by atoms with Crippen molar-refractivity contribution < 1.29 is 64.6 Å². The number of rotatable bonds is 59. The van der Waals surface area contributed by atoms with Crippen molar-refractivity contribution in [3.63, 3.8) is 0 Å². The van der Waals surface area contributed by atoms with Gasteiger partial charge in [-0.25, -0.2) is 0 Å². The summed E-state index contributed by atoms with van der Waals surface area (Å²) >= 11 is 0. The van der Waals surface area contributed by atoms with Gasteiger partial charge >= 0.3 is 0 Å². The molecule has 9 N–H and O–H groups in total. The zero-order chi connectivity index (χ0) is 63.1. The van der Waals surface area contributed by atoms with Crippen molar-refractivity contribution in [3.8, 4) is 0 Å². The van der Waals surface area contributed by atoms with E-state index in [1.807, 2.05) is 6.08 Å². The minimum atomic E-state index is -1.79. The SMILES string of the molecule is CC/C=C\C/C=C\C/C=C\C/C=C\CCCCCCCCCCCCCCCCCCCCCCCCCCCCCCC(=O)NC(COC1OC(CO)C(OC2OC(CO)C(O)C(O)C2O)C(O)C1O)C(O)/C=C/CCCCCCCCCCCC. The van der Waals surface area contributed by atoms with Crippen molar-refractivity contribution in [2.45, 2.75) is 376 Å². The molecule has 12 unspecified atom stereocenters. The Bertz CT molecular complexity index is 1690. The van der Waals surface area contributed by atoms with Gasteiger partial charge in [0.1, 0.15) is 48.8 Å². The second-order valence-electron chi connectivity index (χ2n) is 25.3. The first-order valence-electron chi connectivity index (χ1n) is 36.0. The van der Waals surface area contributed by atoms with E-state index >= 15 is 0 Å². The topological polar surface area (TPSA) is 228 Å². The Hall–Kier alpha value is -2.31. The molecule has 0 aromatic carbocycles. The summed E-state index contributed by atoms with van der Waals surface area (Å²) in [5, 5.41) is 87.2. The monoisotopic (exact) mass is 1230 g/mol. The van der Waals surface area contributed by atoms with Gasteiger partial charge in [-0.1, -0.05) is 299 Å². The molecular weight excluding hydrogens is 1100 g/mol. The average Bonchev–Trinajstić information content (AvgIpc) is 2.31. The molecule has 1 amide bonds. The molecule has 0 aliphatic carbocycles. The number of unbranched alkanes of at least 4 members (excludes halogenated alkanes) is 38. The lowest BCUT2D eigenvalue weighted by atomic mass is 9.97. The van der Waals surface area contributed by atoms with Gasteiger partial charge < -0.3 is 65.1 Å². The fraction of sp³-hybridized carbons (Fsp3) is 0.849. The molecule has 0 spiro atoms. The standard InChI is InChI=1S/C73H133NO13/c1-3-5-7-9-11-13-15-17-18-19-20-21-22-23-24-25-26-27-28-29-30-31-32-33-34-35-36-37-38-39-40-41-42-43-44-45-47-49-51-53-55-57-65(78)74-61(62(77)56-54-52-50-48-46-16-14-12-10-8-6-4-2)60-84-72-70(83)68(81)71(64(59-76)86-72)87-73-69(82)67(80)66(79)63(58-75)85-73/h5,7,11,13,17-18,20-21,54,56,61-64,66-73,75-77,79-83H,3-4,6,8-10,12,14-16,19,22-53,55,57-60H2,1-2H3,(H,74,78)/b7-5-,13-11-,18-17-,21-20-,56-54+. The van der Waals surface area contributed by atoms with E-state index in [-0.39, 0.29) is 18.9 Å². The lowest BCUT2D eigenvalue weighted by Crippen LogP contribution is -2.65. The number of carbonyl (C=O) groups excluding carboxylic acids is 1. The minimum Gasteiger partial charge on any atom is -0.394 e. The maximum Gasteiger partial charge on any atom is 0.220 e. The third kappa shape index (κ3) is 41.7. The zero-order valence-electron chi connectivity index (χ0n) is 55.3. The molecule has 0 saturated carbocycles. The van der Waals surface area contributed by atoms with Crippen LogP contribution in [0.1, 0.15) is 303 Å². The van der Waals surface area contributed by atoms with Crippen LogP contribution in [0.15, 0.2) is 60.8 Å². The van der Waals surface area contributed by atoms with Crippen LogP contribution in [0.3, 0.4) is 0 Å². The van der Waals surface area contributed by atoms with Crippen molar-refractivity contribution in [1.82, 2.24) is 5.32 Å². The highest BCUT2D eigenvalue weighted by Gasteiger charge is 2.51. The fourth-order valence-electron chi connectivity index (χ4n) is 11.8. The lowest BCUT2D eigenvalue weighted by molar-refractivity contribution is -0.359. The molecule has 14 heteroatoms. The molecule has 2 rings (SSSR count). The number of hydrogen-bond acceptors (Lipinski definition) is 13. The first-order chi connectivity index (χ1) is 42.6. The Kier molecular flexibility index (Phi) is 53.5. The third-order valence-electron chi connectivity index (χ3n) is 17.5. The van der Waals surface area contributed by atoms with Gasteiger partial charge in [0.05, 0.1) is 32.0 Å². The number of carbonyl (C=O) groups is 1. The van der Waals surface area contributed by atoms with Crippen LogP contribution in [-0.4, -0.2) is 140 Å². The van der Waals surface area contributed by atoms with Crippen LogP contribution in [0, 0.1) is 0 Å². The highest BCUT2D eigenvalue weighted by Crippen LogP contribution is 2.30. The number of ether oxygens (including phenoxy) is 4. The lowest BCUT2D eigenvalue weighted by Gasteiger charge is -2.46. The molecule has 0 aromatic rings. The van der Waals surface area contributed by atoms with E-state index in [4.69, 9.17) is 18.9 Å².